The standard InChI is InChI=1S/C20H18F2N4O2/c1-20(2,3)19-26-14-9-11(5-7-15(14)28-19)23-18(27)10-4-6-12-13(8-10)25-17(24-12)16(21)22/h4-9,16H,1-3H3,(H,23,27)(H,24,25). The Morgan fingerprint density at radius 3 is 2.61 bits per heavy atom. The molecule has 2 N–H and O–H groups in total. The van der Waals surface area contributed by atoms with E-state index < -0.39 is 12.2 Å². The van der Waals surface area contributed by atoms with Crippen LogP contribution >= 0.6 is 0 Å². The number of H-pyrrole nitrogens is 1. The number of anilines is 1. The summed E-state index contributed by atoms with van der Waals surface area (Å²) in [7, 11) is 0. The zero-order chi connectivity index (χ0) is 20.1. The van der Waals surface area contributed by atoms with Crippen LogP contribution in [0.2, 0.25) is 0 Å². The van der Waals surface area contributed by atoms with Crippen molar-refractivity contribution in [3.05, 3.63) is 53.7 Å². The van der Waals surface area contributed by atoms with Crippen molar-refractivity contribution in [2.24, 2.45) is 0 Å². The van der Waals surface area contributed by atoms with E-state index in [9.17, 15) is 13.6 Å². The Balaban J connectivity index is 1.59. The van der Waals surface area contributed by atoms with E-state index in [2.05, 4.69) is 20.3 Å². The highest BCUT2D eigenvalue weighted by atomic mass is 19.3. The molecule has 0 bridgehead atoms. The van der Waals surface area contributed by atoms with Crippen LogP contribution in [0, 0.1) is 0 Å². The highest BCUT2D eigenvalue weighted by Crippen LogP contribution is 2.27. The van der Waals surface area contributed by atoms with Gasteiger partial charge in [-0.3, -0.25) is 4.79 Å². The van der Waals surface area contributed by atoms with Crippen LogP contribution in [-0.4, -0.2) is 20.9 Å². The van der Waals surface area contributed by atoms with Gasteiger partial charge < -0.3 is 14.7 Å². The number of hydrogen-bond acceptors (Lipinski definition) is 4. The van der Waals surface area contributed by atoms with Crippen molar-refractivity contribution in [1.29, 1.82) is 0 Å². The Morgan fingerprint density at radius 2 is 1.89 bits per heavy atom. The first-order chi connectivity index (χ1) is 13.2. The molecular weight excluding hydrogens is 366 g/mol. The SMILES string of the molecule is CC(C)(C)c1nc2cc(NC(=O)c3ccc4nc(C(F)F)[nH]c4c3)ccc2o1. The molecule has 2 heterocycles. The van der Waals surface area contributed by atoms with Crippen LogP contribution in [-0.2, 0) is 5.41 Å². The summed E-state index contributed by atoms with van der Waals surface area (Å²) in [6, 6.07) is 9.77. The topological polar surface area (TPSA) is 83.8 Å². The Morgan fingerprint density at radius 1 is 1.11 bits per heavy atom. The molecule has 2 aromatic heterocycles. The molecule has 8 heteroatoms. The number of carbonyl (C=O) groups excluding carboxylic acids is 1. The maximum absolute atomic E-state index is 12.8. The quantitative estimate of drug-likeness (QED) is 0.509. The van der Waals surface area contributed by atoms with Gasteiger partial charge in [0.1, 0.15) is 5.52 Å². The third-order valence-electron chi connectivity index (χ3n) is 4.26. The molecule has 0 atom stereocenters. The van der Waals surface area contributed by atoms with Gasteiger partial charge in [0.2, 0.25) is 5.89 Å². The summed E-state index contributed by atoms with van der Waals surface area (Å²) in [5, 5.41) is 2.79. The van der Waals surface area contributed by atoms with Crippen molar-refractivity contribution in [2.75, 3.05) is 5.32 Å². The fraction of sp³-hybridized carbons (Fsp3) is 0.250. The lowest BCUT2D eigenvalue weighted by Gasteiger charge is -2.11. The number of fused-ring (bicyclic) bond motifs is 2. The van der Waals surface area contributed by atoms with Gasteiger partial charge in [-0.25, -0.2) is 18.7 Å². The summed E-state index contributed by atoms with van der Waals surface area (Å²) in [6.45, 7) is 6.02. The molecular formula is C20H18F2N4O2. The average Bonchev–Trinajstić information content (AvgIpc) is 3.24. The number of nitrogens with zero attached hydrogens (tertiary/aromatic N) is 2. The number of nitrogens with one attached hydrogen (secondary N) is 2. The van der Waals surface area contributed by atoms with Crippen molar-refractivity contribution < 1.29 is 18.0 Å². The van der Waals surface area contributed by atoms with Crippen LogP contribution in [0.1, 0.15) is 49.3 Å². The average molecular weight is 384 g/mol. The number of aromatic amines is 1. The number of oxazole rings is 1. The minimum Gasteiger partial charge on any atom is -0.440 e. The van der Waals surface area contributed by atoms with Crippen molar-refractivity contribution in [1.82, 2.24) is 15.0 Å². The van der Waals surface area contributed by atoms with E-state index in [0.717, 1.165) is 0 Å². The second-order valence-corrected chi connectivity index (χ2v) is 7.56. The summed E-state index contributed by atoms with van der Waals surface area (Å²) in [4.78, 5) is 23.4. The van der Waals surface area contributed by atoms with Gasteiger partial charge in [0.15, 0.2) is 11.4 Å². The molecule has 144 valence electrons. The Hall–Kier alpha value is -3.29. The Kier molecular flexibility index (Phi) is 4.14. The molecule has 1 amide bonds. The molecule has 28 heavy (non-hydrogen) atoms. The normalized spacial score (nSPS) is 12.2. The molecule has 0 fully saturated rings. The number of imidazole rings is 1. The van der Waals surface area contributed by atoms with Crippen LogP contribution in [0.25, 0.3) is 22.1 Å². The lowest BCUT2D eigenvalue weighted by Crippen LogP contribution is -2.11. The predicted octanol–water partition coefficient (Wildman–Crippen LogP) is 5.19. The third-order valence-corrected chi connectivity index (χ3v) is 4.26. The fourth-order valence-corrected chi connectivity index (χ4v) is 2.80. The van der Waals surface area contributed by atoms with E-state index >= 15 is 0 Å². The number of rotatable bonds is 3. The van der Waals surface area contributed by atoms with Crippen LogP contribution < -0.4 is 5.32 Å². The molecule has 0 saturated carbocycles. The monoisotopic (exact) mass is 384 g/mol. The second kappa shape index (κ2) is 6.40. The van der Waals surface area contributed by atoms with Crippen molar-refractivity contribution in [2.45, 2.75) is 32.6 Å². The third kappa shape index (κ3) is 3.33. The van der Waals surface area contributed by atoms with Gasteiger partial charge in [0.05, 0.1) is 11.0 Å². The van der Waals surface area contributed by atoms with Crippen molar-refractivity contribution in [3.63, 3.8) is 0 Å². The maximum Gasteiger partial charge on any atom is 0.295 e. The summed E-state index contributed by atoms with van der Waals surface area (Å²) in [5.74, 6) is -0.168. The van der Waals surface area contributed by atoms with Crippen LogP contribution in [0.5, 0.6) is 0 Å². The Labute approximate surface area is 159 Å². The van der Waals surface area contributed by atoms with E-state index in [1.165, 1.54) is 12.1 Å². The first-order valence-corrected chi connectivity index (χ1v) is 8.71. The molecule has 0 unspecified atom stereocenters. The number of amides is 1. The lowest BCUT2D eigenvalue weighted by atomic mass is 9.97. The number of carbonyl (C=O) groups is 1. The van der Waals surface area contributed by atoms with E-state index in [4.69, 9.17) is 4.42 Å². The van der Waals surface area contributed by atoms with Crippen molar-refractivity contribution >= 4 is 33.7 Å². The van der Waals surface area contributed by atoms with Gasteiger partial charge in [0, 0.05) is 16.7 Å². The van der Waals surface area contributed by atoms with E-state index in [-0.39, 0.29) is 11.3 Å². The number of hydrogen-bond donors (Lipinski definition) is 2. The molecule has 0 spiro atoms. The Bertz CT molecular complexity index is 1190. The largest absolute Gasteiger partial charge is 0.440 e. The fourth-order valence-electron chi connectivity index (χ4n) is 2.80. The zero-order valence-electron chi connectivity index (χ0n) is 15.5. The van der Waals surface area contributed by atoms with Gasteiger partial charge in [-0.2, -0.15) is 0 Å². The maximum atomic E-state index is 12.8. The number of aromatic nitrogens is 3. The van der Waals surface area contributed by atoms with E-state index in [0.29, 0.717) is 39.3 Å². The molecule has 0 aliphatic heterocycles. The molecule has 2 aromatic carbocycles. The highest BCUT2D eigenvalue weighted by molar-refractivity contribution is 6.06. The first-order valence-electron chi connectivity index (χ1n) is 8.71. The van der Waals surface area contributed by atoms with Crippen LogP contribution in [0.3, 0.4) is 0 Å². The molecule has 0 saturated heterocycles. The first kappa shape index (κ1) is 18.1. The minimum absolute atomic E-state index is 0.223. The van der Waals surface area contributed by atoms with Gasteiger partial charge in [-0.1, -0.05) is 20.8 Å². The summed E-state index contributed by atoms with van der Waals surface area (Å²) in [5.41, 5.74) is 2.71. The molecule has 0 aliphatic carbocycles. The molecule has 4 rings (SSSR count). The summed E-state index contributed by atoms with van der Waals surface area (Å²) >= 11 is 0. The molecule has 4 aromatic rings. The molecule has 0 radical (unpaired) electrons. The summed E-state index contributed by atoms with van der Waals surface area (Å²) < 4.78 is 31.3. The highest BCUT2D eigenvalue weighted by Gasteiger charge is 2.21. The van der Waals surface area contributed by atoms with Crippen LogP contribution in [0.4, 0.5) is 14.5 Å². The second-order valence-electron chi connectivity index (χ2n) is 7.56. The van der Waals surface area contributed by atoms with Gasteiger partial charge in [-0.15, -0.1) is 0 Å². The van der Waals surface area contributed by atoms with E-state index in [1.807, 2.05) is 20.8 Å². The summed E-state index contributed by atoms with van der Waals surface area (Å²) in [6.07, 6.45) is -2.70. The van der Waals surface area contributed by atoms with Crippen molar-refractivity contribution in [3.8, 4) is 0 Å². The van der Waals surface area contributed by atoms with Gasteiger partial charge in [-0.05, 0) is 36.4 Å². The van der Waals surface area contributed by atoms with Gasteiger partial charge in [0.25, 0.3) is 12.3 Å². The number of alkyl halides is 2. The smallest absolute Gasteiger partial charge is 0.295 e. The van der Waals surface area contributed by atoms with Gasteiger partial charge >= 0.3 is 0 Å². The molecule has 0 aliphatic rings. The molecule has 6 nitrogen and oxygen atoms in total. The number of halogens is 2. The zero-order valence-corrected chi connectivity index (χ0v) is 15.5. The lowest BCUT2D eigenvalue weighted by molar-refractivity contribution is 0.102. The minimum atomic E-state index is -2.70. The van der Waals surface area contributed by atoms with Crippen LogP contribution in [0.15, 0.2) is 40.8 Å². The van der Waals surface area contributed by atoms with E-state index in [1.54, 1.807) is 24.3 Å². The number of benzene rings is 2. The predicted molar refractivity (Wildman–Crippen MR) is 102 cm³/mol.